The smallest absolute Gasteiger partial charge is 0.497 e. The summed E-state index contributed by atoms with van der Waals surface area (Å²) in [5.41, 5.74) is -2.18. The largest absolute Gasteiger partial charge is 0.573 e. The first-order valence-corrected chi connectivity index (χ1v) is 15.9. The monoisotopic (exact) mass is 698 g/mol. The second kappa shape index (κ2) is 11.2. The molecule has 0 radical (unpaired) electrons. The number of rotatable bonds is 7. The summed E-state index contributed by atoms with van der Waals surface area (Å²) >= 11 is 6.48. The number of aliphatic hydroxyl groups is 1. The second-order valence-corrected chi connectivity index (χ2v) is 13.5. The topological polar surface area (TPSA) is 141 Å². The number of likely N-dealkylation sites (N-methyl/N-ethyl adjacent to an activating group) is 2. The Bertz CT molecular complexity index is 1910. The van der Waals surface area contributed by atoms with Crippen molar-refractivity contribution in [2.75, 3.05) is 38.8 Å². The molecule has 0 aliphatic carbocycles. The summed E-state index contributed by atoms with van der Waals surface area (Å²) in [4.78, 5) is 27.7. The van der Waals surface area contributed by atoms with E-state index in [1.807, 2.05) is 0 Å². The molecule has 2 N–H and O–H groups in total. The van der Waals surface area contributed by atoms with Crippen molar-refractivity contribution in [3.8, 4) is 23.0 Å². The van der Waals surface area contributed by atoms with Crippen molar-refractivity contribution in [1.29, 1.82) is 0 Å². The maximum absolute atomic E-state index is 15.3. The van der Waals surface area contributed by atoms with Crippen molar-refractivity contribution in [3.05, 3.63) is 70.7 Å². The molecule has 12 nitrogen and oxygen atoms in total. The van der Waals surface area contributed by atoms with Crippen molar-refractivity contribution >= 4 is 39.1 Å². The van der Waals surface area contributed by atoms with Crippen molar-refractivity contribution < 1.29 is 59.7 Å². The highest BCUT2D eigenvalue weighted by Crippen LogP contribution is 2.57. The summed E-state index contributed by atoms with van der Waals surface area (Å²) in [6.07, 6.45) is -6.51. The maximum Gasteiger partial charge on any atom is 0.573 e. The molecule has 0 saturated carbocycles. The number of fused-ring (bicyclic) bond motifs is 2. The number of hydrogen-bond acceptors (Lipinski definition) is 9. The summed E-state index contributed by atoms with van der Waals surface area (Å²) in [6.45, 7) is -0.336. The molecule has 3 aromatic carbocycles. The van der Waals surface area contributed by atoms with E-state index < -0.39 is 61.0 Å². The molecule has 0 bridgehead atoms. The first-order chi connectivity index (χ1) is 22.1. The van der Waals surface area contributed by atoms with Gasteiger partial charge in [-0.25, -0.2) is 8.42 Å². The van der Waals surface area contributed by atoms with Crippen LogP contribution in [0.2, 0.25) is 5.02 Å². The molecule has 3 aromatic rings. The molecule has 17 heteroatoms. The molecule has 2 amide bonds. The fraction of sp³-hybridized carbons (Fsp3) is 0.333. The number of nitrogens with one attached hydrogen (secondary N) is 1. The van der Waals surface area contributed by atoms with Gasteiger partial charge in [0.25, 0.3) is 15.9 Å². The van der Waals surface area contributed by atoms with E-state index in [1.54, 1.807) is 0 Å². The van der Waals surface area contributed by atoms with Crippen LogP contribution in [0.25, 0.3) is 0 Å². The van der Waals surface area contributed by atoms with Crippen molar-refractivity contribution in [1.82, 2.24) is 5.32 Å². The van der Waals surface area contributed by atoms with E-state index in [4.69, 9.17) is 25.8 Å². The Balaban J connectivity index is 1.67. The number of carbonyl (C=O) groups is 2. The Kier molecular flexibility index (Phi) is 7.77. The van der Waals surface area contributed by atoms with Crippen LogP contribution >= 0.6 is 11.6 Å². The van der Waals surface area contributed by atoms with Crippen LogP contribution in [0.5, 0.6) is 23.0 Å². The SMILES string of the molecule is CNC(=O)[C@@H]1C[C@@H](O)C[N+]1(C)C1(c2ccc3c(c2)OCO3)C(=O)N(S(=O)(=O)c2ccc(OC)cc2OC(F)(F)F)c2ccc(Cl)cc21. The lowest BCUT2D eigenvalue weighted by Gasteiger charge is -2.48. The maximum atomic E-state index is 15.3. The van der Waals surface area contributed by atoms with Gasteiger partial charge in [-0.2, -0.15) is 4.31 Å². The Morgan fingerprint density at radius 1 is 1.13 bits per heavy atom. The van der Waals surface area contributed by atoms with Crippen LogP contribution < -0.4 is 28.6 Å². The summed E-state index contributed by atoms with van der Waals surface area (Å²) in [5.74, 6) is -2.41. The molecular formula is C30H28ClF3N3O9S+. The standard InChI is InChI=1S/C30H27ClF3N3O9S/c1-35-27(39)22-12-18(38)14-37(22,2)29(16-4-8-23-24(10-16)45-15-44-23)20-11-17(31)5-7-21(20)36(28(29)40)47(41,42)26-9-6-19(43-3)13-25(26)46-30(32,33)34/h4-11,13,18,22,38H,12,14-15H2,1-3H3/p+1/t18-,22+,29?,37?/m1/s1. The van der Waals surface area contributed by atoms with E-state index in [2.05, 4.69) is 10.1 Å². The number of ether oxygens (including phenoxy) is 4. The molecule has 47 heavy (non-hydrogen) atoms. The summed E-state index contributed by atoms with van der Waals surface area (Å²) in [7, 11) is -1.13. The zero-order chi connectivity index (χ0) is 34.1. The molecular weight excluding hydrogens is 671 g/mol. The van der Waals surface area contributed by atoms with Gasteiger partial charge in [-0.3, -0.25) is 14.1 Å². The Morgan fingerprint density at radius 3 is 2.53 bits per heavy atom. The molecule has 4 atom stereocenters. The number of halogens is 4. The number of benzene rings is 3. The zero-order valence-corrected chi connectivity index (χ0v) is 26.6. The average Bonchev–Trinajstić information content (AvgIpc) is 3.67. The van der Waals surface area contributed by atoms with Crippen LogP contribution in [0.1, 0.15) is 17.5 Å². The van der Waals surface area contributed by atoms with Crippen LogP contribution in [0.15, 0.2) is 59.5 Å². The summed E-state index contributed by atoms with van der Waals surface area (Å²) in [6, 6.07) is 10.0. The normalized spacial score (nSPS) is 25.1. The lowest BCUT2D eigenvalue weighted by Crippen LogP contribution is -2.69. The Morgan fingerprint density at radius 2 is 1.85 bits per heavy atom. The van der Waals surface area contributed by atoms with Gasteiger partial charge in [0.15, 0.2) is 23.3 Å². The molecule has 3 heterocycles. The van der Waals surface area contributed by atoms with Crippen LogP contribution in [-0.4, -0.2) is 82.9 Å². The van der Waals surface area contributed by atoms with E-state index in [0.717, 1.165) is 18.2 Å². The number of anilines is 1. The number of aliphatic hydroxyl groups excluding tert-OH is 1. The highest BCUT2D eigenvalue weighted by molar-refractivity contribution is 7.93. The van der Waals surface area contributed by atoms with Crippen molar-refractivity contribution in [2.45, 2.75) is 35.4 Å². The fourth-order valence-electron chi connectivity index (χ4n) is 6.94. The summed E-state index contributed by atoms with van der Waals surface area (Å²) < 4.78 is 89.7. The molecule has 1 saturated heterocycles. The lowest BCUT2D eigenvalue weighted by atomic mass is 9.79. The molecule has 3 aliphatic heterocycles. The number of sulfonamides is 1. The highest BCUT2D eigenvalue weighted by atomic mass is 35.5. The molecule has 3 aliphatic rings. The van der Waals surface area contributed by atoms with E-state index in [1.165, 1.54) is 57.6 Å². The highest BCUT2D eigenvalue weighted by Gasteiger charge is 2.71. The number of quaternary nitrogens is 1. The second-order valence-electron chi connectivity index (χ2n) is 11.3. The number of amides is 2. The van der Waals surface area contributed by atoms with Gasteiger partial charge in [-0.15, -0.1) is 13.2 Å². The lowest BCUT2D eigenvalue weighted by molar-refractivity contribution is -0.953. The van der Waals surface area contributed by atoms with Crippen LogP contribution in [0.3, 0.4) is 0 Å². The van der Waals surface area contributed by atoms with E-state index >= 15 is 4.79 Å². The minimum atomic E-state index is -5.31. The van der Waals surface area contributed by atoms with E-state index in [-0.39, 0.29) is 53.1 Å². The van der Waals surface area contributed by atoms with Crippen molar-refractivity contribution in [2.24, 2.45) is 0 Å². The predicted octanol–water partition coefficient (Wildman–Crippen LogP) is 3.28. The van der Waals surface area contributed by atoms with Crippen molar-refractivity contribution in [3.63, 3.8) is 0 Å². The zero-order valence-electron chi connectivity index (χ0n) is 25.0. The fourth-order valence-corrected chi connectivity index (χ4v) is 8.67. The molecule has 2 unspecified atom stereocenters. The molecule has 0 aromatic heterocycles. The van der Waals surface area contributed by atoms with Gasteiger partial charge < -0.3 is 29.4 Å². The third kappa shape index (κ3) is 4.92. The number of alkyl halides is 3. The first-order valence-electron chi connectivity index (χ1n) is 14.1. The van der Waals surface area contributed by atoms with Gasteiger partial charge >= 0.3 is 12.3 Å². The third-order valence-corrected chi connectivity index (χ3v) is 10.8. The van der Waals surface area contributed by atoms with Gasteiger partial charge in [-0.05, 0) is 48.5 Å². The quantitative estimate of drug-likeness (QED) is 0.356. The number of methoxy groups -OCH3 is 1. The van der Waals surface area contributed by atoms with Gasteiger partial charge in [-0.1, -0.05) is 11.6 Å². The third-order valence-electron chi connectivity index (χ3n) is 8.83. The van der Waals surface area contributed by atoms with Gasteiger partial charge in [0, 0.05) is 30.1 Å². The molecule has 0 spiro atoms. The van der Waals surface area contributed by atoms with Crippen LogP contribution in [0.4, 0.5) is 18.9 Å². The minimum Gasteiger partial charge on any atom is -0.497 e. The van der Waals surface area contributed by atoms with Gasteiger partial charge in [0.1, 0.15) is 23.3 Å². The summed E-state index contributed by atoms with van der Waals surface area (Å²) in [5, 5.41) is 13.6. The van der Waals surface area contributed by atoms with Gasteiger partial charge in [0.2, 0.25) is 12.3 Å². The Hall–Kier alpha value is -4.25. The van der Waals surface area contributed by atoms with Crippen LogP contribution in [0, 0.1) is 0 Å². The van der Waals surface area contributed by atoms with E-state index in [9.17, 15) is 31.5 Å². The molecule has 6 rings (SSSR count). The number of carbonyl (C=O) groups excluding carboxylic acids is 2. The first kappa shape index (κ1) is 32.7. The number of likely N-dealkylation sites (tertiary alicyclic amines) is 1. The Labute approximate surface area is 271 Å². The molecule has 1 fully saturated rings. The number of nitrogens with zero attached hydrogens (tertiary/aromatic N) is 2. The minimum absolute atomic E-state index is 0.0229. The van der Waals surface area contributed by atoms with E-state index in [0.29, 0.717) is 10.1 Å². The van der Waals surface area contributed by atoms with Gasteiger partial charge in [0.05, 0.1) is 25.4 Å². The number of hydrogen-bond donors (Lipinski definition) is 2. The molecule has 250 valence electrons. The predicted molar refractivity (Wildman–Crippen MR) is 159 cm³/mol. The average molecular weight is 699 g/mol. The van der Waals surface area contributed by atoms with Crippen LogP contribution in [-0.2, 0) is 25.2 Å².